The van der Waals surface area contributed by atoms with E-state index in [4.69, 9.17) is 4.84 Å². The Morgan fingerprint density at radius 1 is 1.32 bits per heavy atom. The van der Waals surface area contributed by atoms with Crippen molar-refractivity contribution in [3.05, 3.63) is 0 Å². The zero-order valence-corrected chi connectivity index (χ0v) is 13.9. The van der Waals surface area contributed by atoms with Gasteiger partial charge >= 0.3 is 6.03 Å². The van der Waals surface area contributed by atoms with Gasteiger partial charge in [-0.1, -0.05) is 23.1 Å². The van der Waals surface area contributed by atoms with Crippen molar-refractivity contribution < 1.29 is 19.2 Å². The second-order valence-corrected chi connectivity index (χ2v) is 6.51. The largest absolute Gasteiger partial charge is 0.349 e. The number of hydroxylamine groups is 2. The van der Waals surface area contributed by atoms with Crippen molar-refractivity contribution in [2.24, 2.45) is 0 Å². The minimum Gasteiger partial charge on any atom is -0.274 e. The fourth-order valence-corrected chi connectivity index (χ4v) is 3.43. The van der Waals surface area contributed by atoms with Crippen molar-refractivity contribution in [2.75, 3.05) is 32.0 Å². The summed E-state index contributed by atoms with van der Waals surface area (Å²) in [6.45, 7) is 0. The first kappa shape index (κ1) is 16.6. The molecule has 4 amide bonds. The number of urea groups is 1. The number of likely N-dealkylation sites (tertiary alicyclic amines) is 1. The molecule has 11 heteroatoms. The normalized spacial score (nSPS) is 14.6. The van der Waals surface area contributed by atoms with Gasteiger partial charge in [0.2, 0.25) is 16.9 Å². The molecular weight excluding hydrogens is 330 g/mol. The number of aromatic nitrogens is 2. The van der Waals surface area contributed by atoms with Crippen LogP contribution in [0.3, 0.4) is 0 Å². The molecule has 1 aliphatic heterocycles. The molecule has 0 unspecified atom stereocenters. The SMILES string of the molecule is CON(C)C(=O)N(C)c1nnc(SCN2C(=O)CCC2=O)s1. The third kappa shape index (κ3) is 3.54. The van der Waals surface area contributed by atoms with Crippen LogP contribution in [0.5, 0.6) is 0 Å². The van der Waals surface area contributed by atoms with E-state index in [1.807, 2.05) is 0 Å². The number of thioether (sulfide) groups is 1. The van der Waals surface area contributed by atoms with Crippen LogP contribution in [0.15, 0.2) is 4.34 Å². The Kier molecular flexibility index (Phi) is 5.32. The number of carbonyl (C=O) groups is 3. The fourth-order valence-electron chi connectivity index (χ4n) is 1.65. The number of carbonyl (C=O) groups excluding carboxylic acids is 3. The Labute approximate surface area is 135 Å². The summed E-state index contributed by atoms with van der Waals surface area (Å²) in [6.07, 6.45) is 0.530. The van der Waals surface area contributed by atoms with Gasteiger partial charge in [0.25, 0.3) is 0 Å². The molecule has 1 aromatic heterocycles. The highest BCUT2D eigenvalue weighted by atomic mass is 32.2. The third-order valence-electron chi connectivity index (χ3n) is 2.98. The number of hydrogen-bond donors (Lipinski definition) is 0. The van der Waals surface area contributed by atoms with Gasteiger partial charge in [-0.05, 0) is 0 Å². The number of imide groups is 1. The topological polar surface area (TPSA) is 95.9 Å². The van der Waals surface area contributed by atoms with Gasteiger partial charge in [0.1, 0.15) is 0 Å². The van der Waals surface area contributed by atoms with Crippen LogP contribution < -0.4 is 4.90 Å². The molecule has 0 spiro atoms. The summed E-state index contributed by atoms with van der Waals surface area (Å²) in [7, 11) is 4.43. The molecule has 0 aromatic carbocycles. The van der Waals surface area contributed by atoms with Crippen LogP contribution in [0.25, 0.3) is 0 Å². The van der Waals surface area contributed by atoms with Gasteiger partial charge in [0, 0.05) is 26.9 Å². The Hall–Kier alpha value is -1.72. The lowest BCUT2D eigenvalue weighted by Gasteiger charge is -2.19. The van der Waals surface area contributed by atoms with Gasteiger partial charge in [0.15, 0.2) is 4.34 Å². The lowest BCUT2D eigenvalue weighted by molar-refractivity contribution is -0.137. The van der Waals surface area contributed by atoms with E-state index < -0.39 is 0 Å². The molecule has 2 heterocycles. The van der Waals surface area contributed by atoms with Crippen LogP contribution in [-0.4, -0.2) is 65.1 Å². The highest BCUT2D eigenvalue weighted by molar-refractivity contribution is 8.01. The summed E-state index contributed by atoms with van der Waals surface area (Å²) >= 11 is 2.43. The predicted octanol–water partition coefficient (Wildman–Crippen LogP) is 0.786. The first-order valence-corrected chi connectivity index (χ1v) is 8.09. The third-order valence-corrected chi connectivity index (χ3v) is 5.10. The Bertz CT molecular complexity index is 577. The van der Waals surface area contributed by atoms with Gasteiger partial charge in [-0.2, -0.15) is 0 Å². The minimum atomic E-state index is -0.389. The van der Waals surface area contributed by atoms with Crippen LogP contribution in [0.2, 0.25) is 0 Å². The maximum atomic E-state index is 11.9. The fraction of sp³-hybridized carbons (Fsp3) is 0.545. The van der Waals surface area contributed by atoms with Crippen molar-refractivity contribution in [3.8, 4) is 0 Å². The van der Waals surface area contributed by atoms with E-state index in [0.29, 0.717) is 9.47 Å². The number of nitrogens with zero attached hydrogens (tertiary/aromatic N) is 5. The summed E-state index contributed by atoms with van der Waals surface area (Å²) in [6, 6.07) is -0.389. The van der Waals surface area contributed by atoms with E-state index in [-0.39, 0.29) is 36.6 Å². The molecule has 9 nitrogen and oxygen atoms in total. The van der Waals surface area contributed by atoms with Crippen molar-refractivity contribution in [1.82, 2.24) is 20.2 Å². The molecule has 1 fully saturated rings. The Balaban J connectivity index is 1.95. The van der Waals surface area contributed by atoms with Gasteiger partial charge in [0.05, 0.1) is 13.0 Å². The molecule has 0 bridgehead atoms. The van der Waals surface area contributed by atoms with Gasteiger partial charge < -0.3 is 0 Å². The number of hydrogen-bond acceptors (Lipinski definition) is 8. The zero-order valence-electron chi connectivity index (χ0n) is 12.3. The van der Waals surface area contributed by atoms with E-state index in [9.17, 15) is 14.4 Å². The molecule has 1 aromatic rings. The summed E-state index contributed by atoms with van der Waals surface area (Å²) in [5.41, 5.74) is 0. The average Bonchev–Trinajstić information content (AvgIpc) is 3.10. The first-order chi connectivity index (χ1) is 10.4. The molecule has 0 aliphatic carbocycles. The standard InChI is InChI=1S/C11H15N5O4S2/c1-14(11(19)15(2)20-3)9-12-13-10(22-9)21-6-16-7(17)4-5-8(16)18/h4-6H2,1-3H3. The van der Waals surface area contributed by atoms with E-state index in [1.54, 1.807) is 7.05 Å². The van der Waals surface area contributed by atoms with Crippen LogP contribution in [-0.2, 0) is 14.4 Å². The van der Waals surface area contributed by atoms with Crippen LogP contribution in [0, 0.1) is 0 Å². The Morgan fingerprint density at radius 2 is 1.95 bits per heavy atom. The summed E-state index contributed by atoms with van der Waals surface area (Å²) < 4.78 is 0.571. The Morgan fingerprint density at radius 3 is 2.55 bits per heavy atom. The summed E-state index contributed by atoms with van der Waals surface area (Å²) in [4.78, 5) is 42.2. The van der Waals surface area contributed by atoms with E-state index in [1.165, 1.54) is 47.1 Å². The van der Waals surface area contributed by atoms with E-state index in [2.05, 4.69) is 10.2 Å². The number of amides is 4. The lowest BCUT2D eigenvalue weighted by atomic mass is 10.4. The van der Waals surface area contributed by atoms with Crippen LogP contribution in [0.1, 0.15) is 12.8 Å². The second-order valence-electron chi connectivity index (χ2n) is 4.36. The van der Waals surface area contributed by atoms with Crippen LogP contribution >= 0.6 is 23.1 Å². The lowest BCUT2D eigenvalue weighted by Crippen LogP contribution is -2.38. The average molecular weight is 345 g/mol. The van der Waals surface area contributed by atoms with Crippen molar-refractivity contribution in [3.63, 3.8) is 0 Å². The second kappa shape index (κ2) is 7.03. The maximum absolute atomic E-state index is 11.9. The molecule has 120 valence electrons. The van der Waals surface area contributed by atoms with Crippen molar-refractivity contribution >= 4 is 46.1 Å². The summed E-state index contributed by atoms with van der Waals surface area (Å²) in [5, 5.41) is 9.33. The summed E-state index contributed by atoms with van der Waals surface area (Å²) in [5.74, 6) is -0.130. The molecule has 0 N–H and O–H groups in total. The first-order valence-electron chi connectivity index (χ1n) is 6.29. The maximum Gasteiger partial charge on any atom is 0.349 e. The van der Waals surface area contributed by atoms with Crippen molar-refractivity contribution in [1.29, 1.82) is 0 Å². The molecule has 0 saturated carbocycles. The van der Waals surface area contributed by atoms with E-state index >= 15 is 0 Å². The highest BCUT2D eigenvalue weighted by Gasteiger charge is 2.29. The molecular formula is C11H15N5O4S2. The van der Waals surface area contributed by atoms with Crippen molar-refractivity contribution in [2.45, 2.75) is 17.2 Å². The van der Waals surface area contributed by atoms with Gasteiger partial charge in [-0.25, -0.2) is 9.86 Å². The van der Waals surface area contributed by atoms with E-state index in [0.717, 1.165) is 5.06 Å². The number of anilines is 1. The van der Waals surface area contributed by atoms with Gasteiger partial charge in [-0.15, -0.1) is 10.2 Å². The molecule has 1 aliphatic rings. The smallest absolute Gasteiger partial charge is 0.274 e. The van der Waals surface area contributed by atoms with Crippen LogP contribution in [0.4, 0.5) is 9.93 Å². The number of rotatable bonds is 5. The zero-order chi connectivity index (χ0) is 16.3. The molecule has 0 radical (unpaired) electrons. The molecule has 22 heavy (non-hydrogen) atoms. The predicted molar refractivity (Wildman–Crippen MR) is 80.3 cm³/mol. The highest BCUT2D eigenvalue weighted by Crippen LogP contribution is 2.29. The monoisotopic (exact) mass is 345 g/mol. The molecule has 2 rings (SSSR count). The molecule has 1 saturated heterocycles. The molecule has 0 atom stereocenters. The quantitative estimate of drug-likeness (QED) is 0.337. The minimum absolute atomic E-state index is 0.170. The van der Waals surface area contributed by atoms with Gasteiger partial charge in [-0.3, -0.25) is 24.2 Å².